The van der Waals surface area contributed by atoms with Crippen LogP contribution in [-0.4, -0.2) is 43.4 Å². The van der Waals surface area contributed by atoms with Gasteiger partial charge in [-0.05, 0) is 24.6 Å². The molecular weight excluding hydrogens is 320 g/mol. The lowest BCUT2D eigenvalue weighted by molar-refractivity contribution is 0.217. The molecule has 10 heteroatoms. The van der Waals surface area contributed by atoms with Crippen LogP contribution in [0.2, 0.25) is 0 Å². The highest BCUT2D eigenvalue weighted by Gasteiger charge is 2.22. The lowest BCUT2D eigenvalue weighted by atomic mass is 10.2. The Hall–Kier alpha value is -1.36. The molecule has 120 valence electrons. The molecule has 0 aliphatic rings. The zero-order valence-corrected chi connectivity index (χ0v) is 13.5. The summed E-state index contributed by atoms with van der Waals surface area (Å²) >= 11 is 0. The van der Waals surface area contributed by atoms with Crippen molar-refractivity contribution in [2.24, 2.45) is 5.14 Å². The largest absolute Gasteiger partial charge is 0.493 e. The predicted octanol–water partition coefficient (Wildman–Crippen LogP) is 0.0391. The van der Waals surface area contributed by atoms with Gasteiger partial charge in [-0.15, -0.1) is 0 Å². The van der Waals surface area contributed by atoms with Crippen molar-refractivity contribution in [1.82, 2.24) is 0 Å². The standard InChI is InChI=1S/C11H18N2O6S2/c1-8-6-9(13-20(14,15)5-4-18-2)11(19-3)10(7-8)21(12,16)17/h6-7,13H,4-5H2,1-3H3,(H2,12,16,17). The Bertz CT molecular complexity index is 712. The van der Waals surface area contributed by atoms with Crippen molar-refractivity contribution < 1.29 is 26.3 Å². The number of aryl methyl sites for hydroxylation is 1. The van der Waals surface area contributed by atoms with E-state index in [0.29, 0.717) is 5.56 Å². The third-order valence-electron chi connectivity index (χ3n) is 2.53. The van der Waals surface area contributed by atoms with Crippen LogP contribution >= 0.6 is 0 Å². The second-order valence-electron chi connectivity index (χ2n) is 4.30. The fourth-order valence-electron chi connectivity index (χ4n) is 1.65. The van der Waals surface area contributed by atoms with Gasteiger partial charge in [0.15, 0.2) is 5.75 Å². The van der Waals surface area contributed by atoms with Crippen molar-refractivity contribution in [3.63, 3.8) is 0 Å². The van der Waals surface area contributed by atoms with E-state index in [1.165, 1.54) is 26.4 Å². The maximum atomic E-state index is 11.9. The quantitative estimate of drug-likeness (QED) is 0.723. The van der Waals surface area contributed by atoms with E-state index < -0.39 is 20.0 Å². The zero-order chi connectivity index (χ0) is 16.3. The fraction of sp³-hybridized carbons (Fsp3) is 0.455. The minimum atomic E-state index is -4.05. The first kappa shape index (κ1) is 17.7. The maximum absolute atomic E-state index is 11.9. The molecule has 1 aromatic carbocycles. The number of benzene rings is 1. The molecule has 0 aliphatic heterocycles. The van der Waals surface area contributed by atoms with Crippen LogP contribution in [0, 0.1) is 6.92 Å². The van der Waals surface area contributed by atoms with Crippen LogP contribution in [0.15, 0.2) is 17.0 Å². The monoisotopic (exact) mass is 338 g/mol. The molecule has 0 aromatic heterocycles. The smallest absolute Gasteiger partial charge is 0.241 e. The average molecular weight is 338 g/mol. The second-order valence-corrected chi connectivity index (χ2v) is 7.67. The van der Waals surface area contributed by atoms with E-state index >= 15 is 0 Å². The van der Waals surface area contributed by atoms with Gasteiger partial charge in [-0.25, -0.2) is 22.0 Å². The van der Waals surface area contributed by atoms with Gasteiger partial charge in [0.1, 0.15) is 4.90 Å². The first-order chi connectivity index (χ1) is 9.60. The summed E-state index contributed by atoms with van der Waals surface area (Å²) in [6.07, 6.45) is 0. The van der Waals surface area contributed by atoms with E-state index in [1.807, 2.05) is 0 Å². The van der Waals surface area contributed by atoms with Crippen LogP contribution in [0.5, 0.6) is 5.75 Å². The van der Waals surface area contributed by atoms with Crippen LogP contribution in [0.1, 0.15) is 5.56 Å². The number of rotatable bonds is 7. The minimum absolute atomic E-state index is 0.00547. The molecule has 3 N–H and O–H groups in total. The topological polar surface area (TPSA) is 125 Å². The average Bonchev–Trinajstić information content (AvgIpc) is 2.34. The SMILES string of the molecule is COCCS(=O)(=O)Nc1cc(C)cc(S(N)(=O)=O)c1OC. The predicted molar refractivity (Wildman–Crippen MR) is 78.4 cm³/mol. The highest BCUT2D eigenvalue weighted by atomic mass is 32.2. The Kier molecular flexibility index (Phi) is 5.56. The number of hydrogen-bond acceptors (Lipinski definition) is 6. The molecule has 0 aliphatic carbocycles. The molecular formula is C11H18N2O6S2. The van der Waals surface area contributed by atoms with Gasteiger partial charge in [0.25, 0.3) is 0 Å². The molecule has 0 fully saturated rings. The van der Waals surface area contributed by atoms with Crippen molar-refractivity contribution in [2.45, 2.75) is 11.8 Å². The van der Waals surface area contributed by atoms with Crippen LogP contribution < -0.4 is 14.6 Å². The molecule has 8 nitrogen and oxygen atoms in total. The molecule has 21 heavy (non-hydrogen) atoms. The van der Waals surface area contributed by atoms with Crippen LogP contribution in [-0.2, 0) is 24.8 Å². The highest BCUT2D eigenvalue weighted by Crippen LogP contribution is 2.33. The van der Waals surface area contributed by atoms with Gasteiger partial charge in [0, 0.05) is 7.11 Å². The molecule has 0 unspecified atom stereocenters. The number of methoxy groups -OCH3 is 2. The molecule has 0 bridgehead atoms. The lowest BCUT2D eigenvalue weighted by Crippen LogP contribution is -2.21. The number of primary sulfonamides is 1. The van der Waals surface area contributed by atoms with Gasteiger partial charge in [-0.3, -0.25) is 4.72 Å². The van der Waals surface area contributed by atoms with E-state index in [1.54, 1.807) is 6.92 Å². The summed E-state index contributed by atoms with van der Waals surface area (Å²) in [5.41, 5.74) is 0.530. The van der Waals surface area contributed by atoms with E-state index in [0.717, 1.165) is 0 Å². The summed E-state index contributed by atoms with van der Waals surface area (Å²) in [4.78, 5) is -0.283. The van der Waals surface area contributed by atoms with Crippen molar-refractivity contribution >= 4 is 25.7 Å². The summed E-state index contributed by atoms with van der Waals surface area (Å²) < 4.78 is 58.8. The Morgan fingerprint density at radius 1 is 1.19 bits per heavy atom. The Morgan fingerprint density at radius 2 is 1.81 bits per heavy atom. The summed E-state index contributed by atoms with van der Waals surface area (Å²) in [6, 6.07) is 2.76. The van der Waals surface area contributed by atoms with Crippen LogP contribution in [0.4, 0.5) is 5.69 Å². The number of nitrogens with one attached hydrogen (secondary N) is 1. The molecule has 0 spiro atoms. The maximum Gasteiger partial charge on any atom is 0.241 e. The molecule has 0 amide bonds. The molecule has 0 saturated heterocycles. The van der Waals surface area contributed by atoms with Crippen molar-refractivity contribution in [3.05, 3.63) is 17.7 Å². The van der Waals surface area contributed by atoms with Gasteiger partial charge in [0.2, 0.25) is 20.0 Å². The number of ether oxygens (including phenoxy) is 2. The normalized spacial score (nSPS) is 12.2. The Balaban J connectivity index is 3.34. The van der Waals surface area contributed by atoms with E-state index in [-0.39, 0.29) is 28.7 Å². The van der Waals surface area contributed by atoms with Crippen molar-refractivity contribution in [2.75, 3.05) is 31.3 Å². The molecule has 0 heterocycles. The number of sulfonamides is 2. The third-order valence-corrected chi connectivity index (χ3v) is 4.68. The minimum Gasteiger partial charge on any atom is -0.493 e. The zero-order valence-electron chi connectivity index (χ0n) is 11.9. The summed E-state index contributed by atoms with van der Waals surface area (Å²) in [7, 11) is -5.14. The molecule has 0 saturated carbocycles. The molecule has 1 aromatic rings. The number of anilines is 1. The first-order valence-electron chi connectivity index (χ1n) is 5.81. The van der Waals surface area contributed by atoms with Gasteiger partial charge in [-0.1, -0.05) is 0 Å². The van der Waals surface area contributed by atoms with Gasteiger partial charge >= 0.3 is 0 Å². The van der Waals surface area contributed by atoms with Gasteiger partial charge in [-0.2, -0.15) is 0 Å². The van der Waals surface area contributed by atoms with E-state index in [2.05, 4.69) is 4.72 Å². The van der Waals surface area contributed by atoms with E-state index in [4.69, 9.17) is 14.6 Å². The first-order valence-corrected chi connectivity index (χ1v) is 9.01. The van der Waals surface area contributed by atoms with Crippen molar-refractivity contribution in [1.29, 1.82) is 0 Å². The third kappa shape index (κ3) is 4.84. The van der Waals surface area contributed by atoms with Crippen LogP contribution in [0.3, 0.4) is 0 Å². The molecule has 0 atom stereocenters. The van der Waals surface area contributed by atoms with Gasteiger partial charge < -0.3 is 9.47 Å². The Morgan fingerprint density at radius 3 is 2.29 bits per heavy atom. The summed E-state index contributed by atoms with van der Waals surface area (Å²) in [5.74, 6) is -0.422. The van der Waals surface area contributed by atoms with Crippen molar-refractivity contribution in [3.8, 4) is 5.75 Å². The summed E-state index contributed by atoms with van der Waals surface area (Å²) in [5, 5.41) is 5.11. The van der Waals surface area contributed by atoms with E-state index in [9.17, 15) is 16.8 Å². The number of nitrogens with two attached hydrogens (primary N) is 1. The molecule has 0 radical (unpaired) electrons. The highest BCUT2D eigenvalue weighted by molar-refractivity contribution is 7.92. The van der Waals surface area contributed by atoms with Gasteiger partial charge in [0.05, 0.1) is 25.2 Å². The second kappa shape index (κ2) is 6.60. The van der Waals surface area contributed by atoms with Crippen LogP contribution in [0.25, 0.3) is 0 Å². The molecule has 1 rings (SSSR count). The lowest BCUT2D eigenvalue weighted by Gasteiger charge is -2.15. The summed E-state index contributed by atoms with van der Waals surface area (Å²) in [6.45, 7) is 1.62. The number of hydrogen-bond donors (Lipinski definition) is 2. The Labute approximate surface area is 124 Å². The fourth-order valence-corrected chi connectivity index (χ4v) is 3.43.